The lowest BCUT2D eigenvalue weighted by molar-refractivity contribution is -0.143. The monoisotopic (exact) mass is 867 g/mol. The van der Waals surface area contributed by atoms with Gasteiger partial charge in [-0.1, -0.05) is 48.0 Å². The Bertz CT molecular complexity index is 1590. The fraction of sp³-hybridized carbons (Fsp3) is 0.750. The van der Waals surface area contributed by atoms with Gasteiger partial charge in [-0.25, -0.2) is 4.79 Å². The summed E-state index contributed by atoms with van der Waals surface area (Å²) < 4.78 is 0. The van der Waals surface area contributed by atoms with Crippen LogP contribution in [0, 0.1) is 17.8 Å². The molecule has 0 unspecified atom stereocenters. The number of aliphatic carboxylic acids is 1. The van der Waals surface area contributed by atoms with Crippen molar-refractivity contribution >= 4 is 59.1 Å². The first-order chi connectivity index (χ1) is 28.3. The van der Waals surface area contributed by atoms with Crippen LogP contribution in [0.5, 0.6) is 0 Å². The van der Waals surface area contributed by atoms with Crippen molar-refractivity contribution < 1.29 is 53.1 Å². The molecule has 0 aliphatic carbocycles. The number of carbonyl (C=O) groups is 10. The van der Waals surface area contributed by atoms with Gasteiger partial charge in [0.1, 0.15) is 48.3 Å². The molecule has 0 aromatic heterocycles. The summed E-state index contributed by atoms with van der Waals surface area (Å²) in [5.74, 6) is -7.91. The first-order valence-corrected chi connectivity index (χ1v) is 21.0. The van der Waals surface area contributed by atoms with Crippen molar-refractivity contribution in [1.29, 1.82) is 0 Å². The minimum Gasteiger partial charge on any atom is -0.480 e. The molecule has 1 aliphatic rings. The highest BCUT2D eigenvalue weighted by Gasteiger charge is 2.40. The summed E-state index contributed by atoms with van der Waals surface area (Å²) in [6.45, 7) is 16.5. The molecule has 1 aliphatic heterocycles. The topological polar surface area (TPSA) is 330 Å². The number of rotatable bonds is 25. The van der Waals surface area contributed by atoms with Crippen LogP contribution in [0.4, 0.5) is 0 Å². The van der Waals surface area contributed by atoms with Crippen molar-refractivity contribution in [2.24, 2.45) is 29.2 Å². The van der Waals surface area contributed by atoms with E-state index in [-0.39, 0.29) is 56.4 Å². The highest BCUT2D eigenvalue weighted by molar-refractivity contribution is 5.98. The van der Waals surface area contributed by atoms with Crippen molar-refractivity contribution in [3.05, 3.63) is 0 Å². The van der Waals surface area contributed by atoms with E-state index >= 15 is 0 Å². The smallest absolute Gasteiger partial charge is 0.326 e. The number of likely N-dealkylation sites (tertiary alicyclic amines) is 1. The number of nitrogens with one attached hydrogen (secondary N) is 7. The van der Waals surface area contributed by atoms with Crippen LogP contribution in [0.2, 0.25) is 0 Å². The maximum atomic E-state index is 13.9. The van der Waals surface area contributed by atoms with E-state index in [2.05, 4.69) is 37.2 Å². The van der Waals surface area contributed by atoms with E-state index < -0.39 is 114 Å². The Kier molecular flexibility index (Phi) is 22.4. The van der Waals surface area contributed by atoms with E-state index in [0.717, 1.165) is 0 Å². The molecule has 61 heavy (non-hydrogen) atoms. The molecular weight excluding hydrogens is 796 g/mol. The van der Waals surface area contributed by atoms with E-state index in [1.54, 1.807) is 13.8 Å². The number of nitrogens with two attached hydrogens (primary N) is 2. The largest absolute Gasteiger partial charge is 0.480 e. The van der Waals surface area contributed by atoms with Gasteiger partial charge >= 0.3 is 5.97 Å². The molecule has 1 rings (SSSR count). The summed E-state index contributed by atoms with van der Waals surface area (Å²) in [6, 6.07) is -10.1. The van der Waals surface area contributed by atoms with Crippen LogP contribution >= 0.6 is 0 Å². The molecule has 0 radical (unpaired) electrons. The standard InChI is InChI=1S/C40H70N10O11/c1-11-21(6)31(38(58)48-28(40(60)61)18-20(4)5)49-35(55)25(10)44-33(53)23(8)43-34(54)24(9)45-37(57)29-13-12-16-50(29)39(59)26(14-15-30(42)51)46-36(56)27(17-19(2)3)47-32(52)22(7)41/h19-29,31H,11-18,41H2,1-10H3,(H2,42,51)(H,43,54)(H,44,53)(H,45,57)(H,46,56)(H,47,52)(H,48,58)(H,49,55)(H,60,61)/t21-,22-,23-,24-,25-,26-,27-,28-,29-,31-/m0/s1. The molecule has 21 heteroatoms. The molecule has 0 bridgehead atoms. The highest BCUT2D eigenvalue weighted by atomic mass is 16.4. The van der Waals surface area contributed by atoms with E-state index in [4.69, 9.17) is 11.5 Å². The third-order valence-corrected chi connectivity index (χ3v) is 10.3. The molecular formula is C40H70N10O11. The summed E-state index contributed by atoms with van der Waals surface area (Å²) >= 11 is 0. The maximum absolute atomic E-state index is 13.9. The molecule has 0 aromatic carbocycles. The summed E-state index contributed by atoms with van der Waals surface area (Å²) in [5.41, 5.74) is 11.0. The van der Waals surface area contributed by atoms with Gasteiger partial charge < -0.3 is 58.7 Å². The number of carboxylic acid groups (broad SMARTS) is 1. The summed E-state index contributed by atoms with van der Waals surface area (Å²) in [7, 11) is 0. The second-order valence-electron chi connectivity index (χ2n) is 16.8. The lowest BCUT2D eigenvalue weighted by Crippen LogP contribution is -2.59. The summed E-state index contributed by atoms with van der Waals surface area (Å²) in [6.07, 6.45) is 1.06. The molecule has 10 atom stereocenters. The van der Waals surface area contributed by atoms with Gasteiger partial charge in [-0.15, -0.1) is 0 Å². The lowest BCUT2D eigenvalue weighted by Gasteiger charge is -2.30. The van der Waals surface area contributed by atoms with Crippen LogP contribution in [0.3, 0.4) is 0 Å². The Morgan fingerprint density at radius 3 is 1.57 bits per heavy atom. The molecule has 1 heterocycles. The molecule has 0 spiro atoms. The Morgan fingerprint density at radius 2 is 1.10 bits per heavy atom. The SMILES string of the molecule is CC[C@H](C)[C@H](NC(=O)[C@H](C)NC(=O)[C@H](C)NC(=O)[C@H](C)NC(=O)[C@@H]1CCCN1C(=O)[C@H](CCC(N)=O)NC(=O)[C@H](CC(C)C)NC(=O)[C@H](C)N)C(=O)N[C@@H](CC(C)C)C(=O)O. The first-order valence-electron chi connectivity index (χ1n) is 21.0. The van der Waals surface area contributed by atoms with Gasteiger partial charge in [0.25, 0.3) is 0 Å². The van der Waals surface area contributed by atoms with Crippen molar-refractivity contribution in [2.75, 3.05) is 6.54 Å². The highest BCUT2D eigenvalue weighted by Crippen LogP contribution is 2.20. The van der Waals surface area contributed by atoms with Crippen molar-refractivity contribution in [3.63, 3.8) is 0 Å². The van der Waals surface area contributed by atoms with E-state index in [1.165, 1.54) is 32.6 Å². The van der Waals surface area contributed by atoms with Crippen molar-refractivity contribution in [1.82, 2.24) is 42.1 Å². The van der Waals surface area contributed by atoms with Gasteiger partial charge in [-0.05, 0) is 77.6 Å². The van der Waals surface area contributed by atoms with Gasteiger partial charge in [0.2, 0.25) is 53.2 Å². The second-order valence-corrected chi connectivity index (χ2v) is 16.8. The maximum Gasteiger partial charge on any atom is 0.326 e. The van der Waals surface area contributed by atoms with E-state index in [1.807, 2.05) is 27.7 Å². The second kappa shape index (κ2) is 25.4. The number of hydrogen-bond donors (Lipinski definition) is 10. The van der Waals surface area contributed by atoms with E-state index in [9.17, 15) is 53.1 Å². The first kappa shape index (κ1) is 53.7. The molecule has 12 N–H and O–H groups in total. The summed E-state index contributed by atoms with van der Waals surface area (Å²) in [4.78, 5) is 130. The zero-order chi connectivity index (χ0) is 46.9. The van der Waals surface area contributed by atoms with Gasteiger partial charge in [-0.2, -0.15) is 0 Å². The van der Waals surface area contributed by atoms with Gasteiger partial charge in [0.05, 0.1) is 6.04 Å². The van der Waals surface area contributed by atoms with Crippen LogP contribution in [0.15, 0.2) is 0 Å². The number of hydrogen-bond acceptors (Lipinski definition) is 11. The lowest BCUT2D eigenvalue weighted by atomic mass is 9.96. The fourth-order valence-corrected chi connectivity index (χ4v) is 6.44. The third-order valence-electron chi connectivity index (χ3n) is 10.3. The molecule has 1 fully saturated rings. The molecule has 0 saturated carbocycles. The predicted molar refractivity (Wildman–Crippen MR) is 223 cm³/mol. The number of amides is 9. The third kappa shape index (κ3) is 18.0. The normalized spacial score (nSPS) is 18.2. The van der Waals surface area contributed by atoms with E-state index in [0.29, 0.717) is 12.8 Å². The average molecular weight is 867 g/mol. The van der Waals surface area contributed by atoms with Gasteiger partial charge in [-0.3, -0.25) is 43.2 Å². The Morgan fingerprint density at radius 1 is 0.623 bits per heavy atom. The summed E-state index contributed by atoms with van der Waals surface area (Å²) in [5, 5.41) is 27.4. The molecule has 9 amide bonds. The number of primary amides is 1. The number of carboxylic acids is 1. The Hall–Kier alpha value is -5.34. The van der Waals surface area contributed by atoms with Crippen LogP contribution in [0.1, 0.15) is 114 Å². The van der Waals surface area contributed by atoms with Gasteiger partial charge in [0, 0.05) is 13.0 Å². The zero-order valence-electron chi connectivity index (χ0n) is 37.2. The fourth-order valence-electron chi connectivity index (χ4n) is 6.44. The minimum atomic E-state index is -1.28. The average Bonchev–Trinajstić information content (AvgIpc) is 3.66. The van der Waals surface area contributed by atoms with Crippen molar-refractivity contribution in [3.8, 4) is 0 Å². The molecule has 346 valence electrons. The minimum absolute atomic E-state index is 0.0245. The zero-order valence-corrected chi connectivity index (χ0v) is 37.2. The number of nitrogens with zero attached hydrogens (tertiary/aromatic N) is 1. The van der Waals surface area contributed by atoms with Crippen molar-refractivity contribution in [2.45, 2.75) is 169 Å². The molecule has 1 saturated heterocycles. The molecule has 0 aromatic rings. The number of carbonyl (C=O) groups excluding carboxylic acids is 9. The van der Waals surface area contributed by atoms with Gasteiger partial charge in [0.15, 0.2) is 0 Å². The quantitative estimate of drug-likeness (QED) is 0.0490. The van der Waals surface area contributed by atoms with Crippen LogP contribution in [-0.4, -0.2) is 130 Å². The Labute approximate surface area is 358 Å². The predicted octanol–water partition coefficient (Wildman–Crippen LogP) is -1.73. The van der Waals surface area contributed by atoms with Crippen LogP contribution in [0.25, 0.3) is 0 Å². The Balaban J connectivity index is 2.97. The van der Waals surface area contributed by atoms with Crippen LogP contribution < -0.4 is 48.7 Å². The van der Waals surface area contributed by atoms with Crippen LogP contribution in [-0.2, 0) is 47.9 Å². The molecule has 21 nitrogen and oxygen atoms in total.